The summed E-state index contributed by atoms with van der Waals surface area (Å²) < 4.78 is 34.0. The lowest BCUT2D eigenvalue weighted by molar-refractivity contribution is -0.140. The molecule has 3 aromatic carbocycles. The zero-order chi connectivity index (χ0) is 32.6. The average molecular weight is 628 g/mol. The van der Waals surface area contributed by atoms with Crippen LogP contribution in [0.4, 0.5) is 0 Å². The molecule has 2 unspecified atom stereocenters. The summed E-state index contributed by atoms with van der Waals surface area (Å²) >= 11 is 0. The topological polar surface area (TPSA) is 102 Å². The fraction of sp³-hybridized carbons (Fsp3) is 0.351. The number of allylic oxidation sites excluding steroid dienone is 3. The number of hydrogen-bond acceptors (Lipinski definition) is 9. The Hall–Kier alpha value is -4.92. The summed E-state index contributed by atoms with van der Waals surface area (Å²) in [6, 6.07) is 20.7. The maximum Gasteiger partial charge on any atom is 0.336 e. The van der Waals surface area contributed by atoms with Gasteiger partial charge in [0.15, 0.2) is 28.8 Å². The SMILES string of the molecule is CCCOc1ccc(C2C(C(=O)OCCOc3ccccc3)=C(C)NC3=C2C(=O)CC(c2ccc(OC)c(OC)c2)C3)cc1OC. The van der Waals surface area contributed by atoms with Crippen LogP contribution in [0.15, 0.2) is 89.3 Å². The van der Waals surface area contributed by atoms with E-state index < -0.39 is 11.9 Å². The molecule has 3 aromatic rings. The predicted octanol–water partition coefficient (Wildman–Crippen LogP) is 6.49. The van der Waals surface area contributed by atoms with Gasteiger partial charge in [0.2, 0.25) is 0 Å². The minimum absolute atomic E-state index is 0.0472. The molecule has 46 heavy (non-hydrogen) atoms. The minimum Gasteiger partial charge on any atom is -0.493 e. The molecule has 9 nitrogen and oxygen atoms in total. The molecule has 1 N–H and O–H groups in total. The summed E-state index contributed by atoms with van der Waals surface area (Å²) in [5, 5.41) is 3.41. The van der Waals surface area contributed by atoms with Gasteiger partial charge in [-0.2, -0.15) is 0 Å². The van der Waals surface area contributed by atoms with Gasteiger partial charge in [-0.1, -0.05) is 37.3 Å². The number of Topliss-reactive ketones (excluding diaryl/α,β-unsaturated/α-hetero) is 1. The third-order valence-corrected chi connectivity index (χ3v) is 8.24. The molecule has 0 spiro atoms. The first-order valence-corrected chi connectivity index (χ1v) is 15.5. The van der Waals surface area contributed by atoms with E-state index in [2.05, 4.69) is 5.32 Å². The van der Waals surface area contributed by atoms with E-state index in [1.165, 1.54) is 0 Å². The van der Waals surface area contributed by atoms with Gasteiger partial charge in [-0.05, 0) is 73.2 Å². The molecule has 2 atom stereocenters. The average Bonchev–Trinajstić information content (AvgIpc) is 3.08. The van der Waals surface area contributed by atoms with Crippen LogP contribution in [0.3, 0.4) is 0 Å². The molecule has 0 fully saturated rings. The summed E-state index contributed by atoms with van der Waals surface area (Å²) in [4.78, 5) is 27.9. The molecular formula is C37H41NO8. The molecule has 2 aliphatic rings. The van der Waals surface area contributed by atoms with Gasteiger partial charge in [-0.25, -0.2) is 4.79 Å². The number of ketones is 1. The van der Waals surface area contributed by atoms with Crippen molar-refractivity contribution in [2.75, 3.05) is 41.2 Å². The molecular weight excluding hydrogens is 586 g/mol. The van der Waals surface area contributed by atoms with E-state index in [0.29, 0.717) is 58.6 Å². The molecule has 242 valence electrons. The van der Waals surface area contributed by atoms with Crippen LogP contribution >= 0.6 is 0 Å². The van der Waals surface area contributed by atoms with Gasteiger partial charge in [-0.15, -0.1) is 0 Å². The van der Waals surface area contributed by atoms with Crippen molar-refractivity contribution in [2.24, 2.45) is 0 Å². The molecule has 0 amide bonds. The lowest BCUT2D eigenvalue weighted by Gasteiger charge is -2.37. The van der Waals surface area contributed by atoms with Crippen molar-refractivity contribution in [1.29, 1.82) is 0 Å². The largest absolute Gasteiger partial charge is 0.493 e. The molecule has 1 aliphatic carbocycles. The smallest absolute Gasteiger partial charge is 0.336 e. The highest BCUT2D eigenvalue weighted by Gasteiger charge is 2.42. The second kappa shape index (κ2) is 14.9. The lowest BCUT2D eigenvalue weighted by atomic mass is 9.71. The van der Waals surface area contributed by atoms with Gasteiger partial charge in [-0.3, -0.25) is 4.79 Å². The van der Waals surface area contributed by atoms with E-state index in [4.69, 9.17) is 28.4 Å². The zero-order valence-corrected chi connectivity index (χ0v) is 27.0. The Morgan fingerprint density at radius 3 is 2.17 bits per heavy atom. The van der Waals surface area contributed by atoms with Crippen molar-refractivity contribution >= 4 is 11.8 Å². The first-order valence-electron chi connectivity index (χ1n) is 15.5. The Labute approximate surface area is 270 Å². The highest BCUT2D eigenvalue weighted by molar-refractivity contribution is 6.04. The Bertz CT molecular complexity index is 1630. The molecule has 0 radical (unpaired) electrons. The van der Waals surface area contributed by atoms with Crippen molar-refractivity contribution in [3.8, 4) is 28.7 Å². The molecule has 1 heterocycles. The maximum atomic E-state index is 14.1. The number of hydrogen-bond donors (Lipinski definition) is 1. The lowest BCUT2D eigenvalue weighted by Crippen LogP contribution is -2.36. The highest BCUT2D eigenvalue weighted by Crippen LogP contribution is 2.47. The number of methoxy groups -OCH3 is 3. The Morgan fingerprint density at radius 1 is 0.783 bits per heavy atom. The van der Waals surface area contributed by atoms with E-state index >= 15 is 0 Å². The predicted molar refractivity (Wildman–Crippen MR) is 174 cm³/mol. The van der Waals surface area contributed by atoms with E-state index in [1.54, 1.807) is 21.3 Å². The Kier molecular flexibility index (Phi) is 10.5. The van der Waals surface area contributed by atoms with Gasteiger partial charge in [0.25, 0.3) is 0 Å². The molecule has 9 heteroatoms. The zero-order valence-electron chi connectivity index (χ0n) is 27.0. The number of dihydropyridines is 1. The normalized spacial score (nSPS) is 17.5. The van der Waals surface area contributed by atoms with Crippen LogP contribution in [0.1, 0.15) is 56.1 Å². The highest BCUT2D eigenvalue weighted by atomic mass is 16.6. The van der Waals surface area contributed by atoms with Crippen molar-refractivity contribution in [3.63, 3.8) is 0 Å². The Balaban J connectivity index is 1.47. The van der Waals surface area contributed by atoms with Gasteiger partial charge >= 0.3 is 5.97 Å². The van der Waals surface area contributed by atoms with Crippen LogP contribution < -0.4 is 29.0 Å². The number of carbonyl (C=O) groups is 2. The Morgan fingerprint density at radius 2 is 1.46 bits per heavy atom. The monoisotopic (exact) mass is 627 g/mol. The number of carbonyl (C=O) groups excluding carboxylic acids is 2. The number of ether oxygens (including phenoxy) is 6. The van der Waals surface area contributed by atoms with Crippen LogP contribution in [-0.2, 0) is 14.3 Å². The fourth-order valence-corrected chi connectivity index (χ4v) is 6.07. The van der Waals surface area contributed by atoms with E-state index in [-0.39, 0.29) is 31.3 Å². The summed E-state index contributed by atoms with van der Waals surface area (Å²) in [7, 11) is 4.76. The molecule has 5 rings (SSSR count). The van der Waals surface area contributed by atoms with E-state index in [9.17, 15) is 9.59 Å². The third-order valence-electron chi connectivity index (χ3n) is 8.24. The molecule has 0 saturated carbocycles. The number of para-hydroxylation sites is 1. The first kappa shape index (κ1) is 32.5. The fourth-order valence-electron chi connectivity index (χ4n) is 6.07. The van der Waals surface area contributed by atoms with Gasteiger partial charge < -0.3 is 33.7 Å². The maximum absolute atomic E-state index is 14.1. The molecule has 0 saturated heterocycles. The summed E-state index contributed by atoms with van der Waals surface area (Å²) in [5.41, 5.74) is 4.05. The number of esters is 1. The number of rotatable bonds is 13. The van der Waals surface area contributed by atoms with Crippen LogP contribution in [0.5, 0.6) is 28.7 Å². The molecule has 0 bridgehead atoms. The standard InChI is InChI=1S/C37H41NO8/c1-6-16-45-31-15-13-25(22-33(31)43-5)35-34(37(40)46-18-17-44-27-10-8-7-9-11-27)23(2)38-28-19-26(20-29(39)36(28)35)24-12-14-30(41-3)32(21-24)42-4/h7-15,21-22,26,35,38H,6,16-20H2,1-5H3. The number of nitrogens with one attached hydrogen (secondary N) is 1. The van der Waals surface area contributed by atoms with Crippen LogP contribution in [0, 0.1) is 0 Å². The summed E-state index contributed by atoms with van der Waals surface area (Å²) in [6.45, 7) is 4.65. The summed E-state index contributed by atoms with van der Waals surface area (Å²) in [5.74, 6) is 1.74. The van der Waals surface area contributed by atoms with Gasteiger partial charge in [0, 0.05) is 29.3 Å². The van der Waals surface area contributed by atoms with Crippen LogP contribution in [0.2, 0.25) is 0 Å². The molecule has 1 aliphatic heterocycles. The first-order chi connectivity index (χ1) is 22.4. The third kappa shape index (κ3) is 6.98. The minimum atomic E-state index is -0.660. The quantitative estimate of drug-likeness (QED) is 0.168. The second-order valence-corrected chi connectivity index (χ2v) is 11.2. The van der Waals surface area contributed by atoms with E-state index in [1.807, 2.05) is 80.6 Å². The van der Waals surface area contributed by atoms with Crippen molar-refractivity contribution < 1.29 is 38.0 Å². The second-order valence-electron chi connectivity index (χ2n) is 11.2. The van der Waals surface area contributed by atoms with Crippen LogP contribution in [-0.4, -0.2) is 52.9 Å². The van der Waals surface area contributed by atoms with Crippen molar-refractivity contribution in [2.45, 2.75) is 44.9 Å². The summed E-state index contributed by atoms with van der Waals surface area (Å²) in [6.07, 6.45) is 1.69. The van der Waals surface area contributed by atoms with Crippen LogP contribution in [0.25, 0.3) is 0 Å². The van der Waals surface area contributed by atoms with Crippen molar-refractivity contribution in [1.82, 2.24) is 5.32 Å². The number of benzene rings is 3. The van der Waals surface area contributed by atoms with Gasteiger partial charge in [0.05, 0.1) is 33.5 Å². The molecule has 0 aromatic heterocycles. The van der Waals surface area contributed by atoms with E-state index in [0.717, 1.165) is 23.2 Å². The van der Waals surface area contributed by atoms with Gasteiger partial charge in [0.1, 0.15) is 19.0 Å². The van der Waals surface area contributed by atoms with Crippen molar-refractivity contribution in [3.05, 3.63) is 100 Å².